The molecule has 1 aliphatic heterocycles. The third-order valence-electron chi connectivity index (χ3n) is 4.40. The SMILES string of the molecule is C[C@@H]1CCNC[C@@H]1n1[nH]c(N)c2cnc3nccc3c21. The van der Waals surface area contributed by atoms with E-state index < -0.39 is 0 Å². The molecule has 4 N–H and O–H groups in total. The average molecular weight is 270 g/mol. The molecule has 104 valence electrons. The monoisotopic (exact) mass is 270 g/mol. The van der Waals surface area contributed by atoms with E-state index in [0.29, 0.717) is 17.8 Å². The van der Waals surface area contributed by atoms with Gasteiger partial charge in [0, 0.05) is 24.3 Å². The molecule has 0 bridgehead atoms. The van der Waals surface area contributed by atoms with Gasteiger partial charge in [-0.2, -0.15) is 0 Å². The molecule has 1 aliphatic rings. The Morgan fingerprint density at radius 1 is 1.35 bits per heavy atom. The minimum Gasteiger partial charge on any atom is -0.384 e. The molecule has 0 unspecified atom stereocenters. The average Bonchev–Trinajstić information content (AvgIpc) is 3.04. The van der Waals surface area contributed by atoms with E-state index in [1.165, 1.54) is 6.42 Å². The molecule has 20 heavy (non-hydrogen) atoms. The van der Waals surface area contributed by atoms with Gasteiger partial charge in [-0.1, -0.05) is 6.92 Å². The summed E-state index contributed by atoms with van der Waals surface area (Å²) in [6.07, 6.45) is 4.78. The van der Waals surface area contributed by atoms with Crippen molar-refractivity contribution >= 4 is 27.8 Å². The van der Waals surface area contributed by atoms with Crippen molar-refractivity contribution < 1.29 is 0 Å². The highest BCUT2D eigenvalue weighted by Crippen LogP contribution is 2.32. The number of piperidine rings is 1. The highest BCUT2D eigenvalue weighted by Gasteiger charge is 2.26. The second-order valence-electron chi connectivity index (χ2n) is 5.64. The molecule has 2 atom stereocenters. The van der Waals surface area contributed by atoms with Crippen LogP contribution < -0.4 is 11.1 Å². The molecule has 4 heterocycles. The molecular weight excluding hydrogens is 252 g/mol. The Morgan fingerprint density at radius 2 is 2.25 bits per heavy atom. The van der Waals surface area contributed by atoms with Gasteiger partial charge in [0.2, 0.25) is 0 Å². The van der Waals surface area contributed by atoms with Crippen molar-refractivity contribution in [2.75, 3.05) is 18.8 Å². The Kier molecular flexibility index (Phi) is 2.47. The van der Waals surface area contributed by atoms with Crippen LogP contribution in [0.2, 0.25) is 0 Å². The van der Waals surface area contributed by atoms with E-state index in [-0.39, 0.29) is 0 Å². The van der Waals surface area contributed by atoms with E-state index in [9.17, 15) is 0 Å². The van der Waals surface area contributed by atoms with Crippen LogP contribution in [-0.2, 0) is 0 Å². The smallest absolute Gasteiger partial charge is 0.161 e. The fourth-order valence-corrected chi connectivity index (χ4v) is 3.22. The first-order valence-corrected chi connectivity index (χ1v) is 7.05. The fourth-order valence-electron chi connectivity index (χ4n) is 3.22. The summed E-state index contributed by atoms with van der Waals surface area (Å²) >= 11 is 0. The van der Waals surface area contributed by atoms with E-state index in [4.69, 9.17) is 5.73 Å². The zero-order valence-corrected chi connectivity index (χ0v) is 11.4. The predicted octanol–water partition coefficient (Wildman–Crippen LogP) is 1.67. The summed E-state index contributed by atoms with van der Waals surface area (Å²) in [4.78, 5) is 8.66. The molecule has 3 aromatic heterocycles. The number of aromatic nitrogens is 4. The Bertz CT molecular complexity index is 771. The van der Waals surface area contributed by atoms with Crippen molar-refractivity contribution in [3.05, 3.63) is 18.5 Å². The second kappa shape index (κ2) is 4.21. The number of nitrogens with two attached hydrogens (primary N) is 1. The van der Waals surface area contributed by atoms with Gasteiger partial charge in [-0.25, -0.2) is 9.97 Å². The number of nitrogens with zero attached hydrogens (tertiary/aromatic N) is 3. The van der Waals surface area contributed by atoms with Gasteiger partial charge in [-0.15, -0.1) is 0 Å². The van der Waals surface area contributed by atoms with Gasteiger partial charge in [0.25, 0.3) is 0 Å². The lowest BCUT2D eigenvalue weighted by Gasteiger charge is -2.31. The molecule has 1 fully saturated rings. The highest BCUT2D eigenvalue weighted by atomic mass is 15.3. The van der Waals surface area contributed by atoms with E-state index in [1.54, 1.807) is 6.20 Å². The largest absolute Gasteiger partial charge is 0.384 e. The first-order chi connectivity index (χ1) is 9.75. The number of pyridine rings is 1. The van der Waals surface area contributed by atoms with Gasteiger partial charge < -0.3 is 11.1 Å². The van der Waals surface area contributed by atoms with Crippen molar-refractivity contribution in [1.29, 1.82) is 0 Å². The number of H-pyrrole nitrogens is 1. The number of hydrogen-bond acceptors (Lipinski definition) is 4. The number of rotatable bonds is 1. The standard InChI is InChI=1S/C14H18N6/c1-8-2-4-16-7-11(8)20-12-9-3-5-17-14(9)18-6-10(12)13(15)19-20/h3,5-6,8,11,16,19H,2,4,7,15H2,1H3/t8-,11+/m1/s1. The van der Waals surface area contributed by atoms with Crippen molar-refractivity contribution in [3.63, 3.8) is 0 Å². The number of nitrogens with one attached hydrogen (secondary N) is 2. The normalized spacial score (nSPS) is 23.6. The van der Waals surface area contributed by atoms with Crippen LogP contribution in [0.25, 0.3) is 21.9 Å². The summed E-state index contributed by atoms with van der Waals surface area (Å²) in [5, 5.41) is 8.83. The maximum Gasteiger partial charge on any atom is 0.161 e. The van der Waals surface area contributed by atoms with Crippen molar-refractivity contribution in [2.24, 2.45) is 5.92 Å². The molecule has 0 aliphatic carbocycles. The zero-order chi connectivity index (χ0) is 13.7. The molecule has 0 amide bonds. The lowest BCUT2D eigenvalue weighted by molar-refractivity contribution is 0.263. The van der Waals surface area contributed by atoms with E-state index in [0.717, 1.165) is 35.0 Å². The lowest BCUT2D eigenvalue weighted by atomic mass is 9.95. The molecule has 0 radical (unpaired) electrons. The van der Waals surface area contributed by atoms with E-state index in [2.05, 4.69) is 32.0 Å². The third-order valence-corrected chi connectivity index (χ3v) is 4.40. The van der Waals surface area contributed by atoms with Crippen LogP contribution in [0, 0.1) is 5.92 Å². The van der Waals surface area contributed by atoms with Crippen LogP contribution in [0.4, 0.5) is 5.82 Å². The molecule has 0 aromatic carbocycles. The molecule has 0 saturated carbocycles. The fraction of sp³-hybridized carbons (Fsp3) is 0.429. The number of anilines is 1. The van der Waals surface area contributed by atoms with Crippen LogP contribution in [-0.4, -0.2) is 32.8 Å². The molecule has 4 rings (SSSR count). The summed E-state index contributed by atoms with van der Waals surface area (Å²) in [6.45, 7) is 4.34. The minimum atomic E-state index is 0.379. The predicted molar refractivity (Wildman–Crippen MR) is 79.5 cm³/mol. The molecule has 6 heteroatoms. The summed E-state index contributed by atoms with van der Waals surface area (Å²) < 4.78 is 2.20. The number of aromatic amines is 1. The van der Waals surface area contributed by atoms with Crippen LogP contribution in [0.3, 0.4) is 0 Å². The summed E-state index contributed by atoms with van der Waals surface area (Å²) in [7, 11) is 0. The quantitative estimate of drug-likeness (QED) is 0.628. The summed E-state index contributed by atoms with van der Waals surface area (Å²) in [5.74, 6) is 1.28. The molecule has 0 spiro atoms. The zero-order valence-electron chi connectivity index (χ0n) is 11.4. The van der Waals surface area contributed by atoms with Crippen LogP contribution >= 0.6 is 0 Å². The van der Waals surface area contributed by atoms with Gasteiger partial charge >= 0.3 is 0 Å². The van der Waals surface area contributed by atoms with Gasteiger partial charge in [0.05, 0.1) is 16.9 Å². The minimum absolute atomic E-state index is 0.379. The molecule has 3 aromatic rings. The first-order valence-electron chi connectivity index (χ1n) is 7.05. The third kappa shape index (κ3) is 1.54. The first kappa shape index (κ1) is 11.7. The second-order valence-corrected chi connectivity index (χ2v) is 5.64. The number of fused-ring (bicyclic) bond motifs is 3. The van der Waals surface area contributed by atoms with Crippen LogP contribution in [0.1, 0.15) is 19.4 Å². The Labute approximate surface area is 116 Å². The van der Waals surface area contributed by atoms with Gasteiger partial charge in [0.1, 0.15) is 5.82 Å². The molecule has 6 nitrogen and oxygen atoms in total. The van der Waals surface area contributed by atoms with E-state index >= 15 is 0 Å². The van der Waals surface area contributed by atoms with E-state index in [1.807, 2.05) is 12.3 Å². The summed E-state index contributed by atoms with van der Waals surface area (Å²) in [5.41, 5.74) is 8.03. The van der Waals surface area contributed by atoms with Gasteiger partial charge in [-0.05, 0) is 24.9 Å². The Morgan fingerprint density at radius 3 is 3.10 bits per heavy atom. The lowest BCUT2D eigenvalue weighted by Crippen LogP contribution is -2.37. The molecular formula is C14H18N6. The van der Waals surface area contributed by atoms with Crippen LogP contribution in [0.15, 0.2) is 18.5 Å². The molecule has 1 saturated heterocycles. The highest BCUT2D eigenvalue weighted by molar-refractivity contribution is 6.06. The summed E-state index contributed by atoms with van der Waals surface area (Å²) in [6, 6.07) is 2.39. The van der Waals surface area contributed by atoms with Crippen molar-refractivity contribution in [2.45, 2.75) is 19.4 Å². The topological polar surface area (TPSA) is 84.5 Å². The number of nitrogen functional groups attached to an aromatic ring is 1. The van der Waals surface area contributed by atoms with Gasteiger partial charge in [0.15, 0.2) is 5.65 Å². The van der Waals surface area contributed by atoms with Crippen LogP contribution in [0.5, 0.6) is 0 Å². The Balaban J connectivity index is 2.00. The number of hydrogen-bond donors (Lipinski definition) is 3. The maximum absolute atomic E-state index is 6.13. The van der Waals surface area contributed by atoms with Crippen molar-refractivity contribution in [3.8, 4) is 0 Å². The van der Waals surface area contributed by atoms with Gasteiger partial charge in [-0.3, -0.25) is 9.78 Å². The van der Waals surface area contributed by atoms with Crippen molar-refractivity contribution in [1.82, 2.24) is 25.1 Å². The Hall–Kier alpha value is -2.08. The maximum atomic E-state index is 6.13.